The van der Waals surface area contributed by atoms with Crippen LogP contribution >= 0.6 is 11.6 Å². The Balaban J connectivity index is 1.73. The molecule has 0 bridgehead atoms. The molecule has 0 aliphatic carbocycles. The third-order valence-corrected chi connectivity index (χ3v) is 2.64. The van der Waals surface area contributed by atoms with Crippen LogP contribution in [0.15, 0.2) is 30.7 Å². The number of hydrogen-bond acceptors (Lipinski definition) is 3. The van der Waals surface area contributed by atoms with Crippen molar-refractivity contribution in [3.63, 3.8) is 0 Å². The Kier molecular flexibility index (Phi) is 4.30. The van der Waals surface area contributed by atoms with Gasteiger partial charge in [-0.2, -0.15) is 0 Å². The molecule has 0 radical (unpaired) electrons. The average molecular weight is 265 g/mol. The summed E-state index contributed by atoms with van der Waals surface area (Å²) in [6.45, 7) is 0.599. The van der Waals surface area contributed by atoms with Crippen LogP contribution < -0.4 is 5.32 Å². The summed E-state index contributed by atoms with van der Waals surface area (Å²) < 4.78 is 0. The van der Waals surface area contributed by atoms with Crippen molar-refractivity contribution in [2.45, 2.75) is 12.8 Å². The second-order valence-corrected chi connectivity index (χ2v) is 4.15. The van der Waals surface area contributed by atoms with Crippen molar-refractivity contribution in [3.05, 3.63) is 47.3 Å². The van der Waals surface area contributed by atoms with Gasteiger partial charge < -0.3 is 10.3 Å². The number of nitrogens with zero attached hydrogens (tertiary/aromatic N) is 2. The minimum absolute atomic E-state index is 0.140. The van der Waals surface area contributed by atoms with Gasteiger partial charge in [0.1, 0.15) is 11.0 Å². The molecule has 2 heterocycles. The monoisotopic (exact) mass is 264 g/mol. The van der Waals surface area contributed by atoms with E-state index < -0.39 is 0 Å². The zero-order valence-corrected chi connectivity index (χ0v) is 10.4. The molecule has 0 aromatic carbocycles. The van der Waals surface area contributed by atoms with Crippen molar-refractivity contribution < 1.29 is 4.79 Å². The standard InChI is InChI=1S/C12H13ClN4O/c13-10-4-3-9(8-17-10)12(18)16-5-1-2-11-14-6-7-15-11/h3-4,6-8H,1-2,5H2,(H,14,15)(H,16,18). The van der Waals surface area contributed by atoms with Gasteiger partial charge in [-0.1, -0.05) is 11.6 Å². The number of aromatic amines is 1. The molecule has 6 heteroatoms. The number of halogens is 1. The van der Waals surface area contributed by atoms with Crippen molar-refractivity contribution in [1.82, 2.24) is 20.3 Å². The van der Waals surface area contributed by atoms with E-state index in [1.165, 1.54) is 6.20 Å². The molecular formula is C12H13ClN4O. The molecule has 2 N–H and O–H groups in total. The van der Waals surface area contributed by atoms with Crippen LogP contribution in [0.3, 0.4) is 0 Å². The van der Waals surface area contributed by atoms with Crippen LogP contribution in [0.2, 0.25) is 5.15 Å². The maximum Gasteiger partial charge on any atom is 0.252 e. The molecule has 94 valence electrons. The predicted octanol–water partition coefficient (Wildman–Crippen LogP) is 1.82. The van der Waals surface area contributed by atoms with Gasteiger partial charge in [0.05, 0.1) is 5.56 Å². The molecule has 2 aromatic heterocycles. The van der Waals surface area contributed by atoms with E-state index in [2.05, 4.69) is 20.3 Å². The average Bonchev–Trinajstić information content (AvgIpc) is 2.88. The van der Waals surface area contributed by atoms with Crippen molar-refractivity contribution in [1.29, 1.82) is 0 Å². The lowest BCUT2D eigenvalue weighted by atomic mass is 10.2. The highest BCUT2D eigenvalue weighted by Crippen LogP contribution is 2.05. The fraction of sp³-hybridized carbons (Fsp3) is 0.250. The highest BCUT2D eigenvalue weighted by molar-refractivity contribution is 6.29. The van der Waals surface area contributed by atoms with Crippen LogP contribution in [0.25, 0.3) is 0 Å². The minimum Gasteiger partial charge on any atom is -0.352 e. The normalized spacial score (nSPS) is 10.3. The van der Waals surface area contributed by atoms with Crippen LogP contribution in [0, 0.1) is 0 Å². The van der Waals surface area contributed by atoms with E-state index in [1.54, 1.807) is 24.5 Å². The van der Waals surface area contributed by atoms with Crippen molar-refractivity contribution in [2.24, 2.45) is 0 Å². The van der Waals surface area contributed by atoms with E-state index in [9.17, 15) is 4.79 Å². The number of imidazole rings is 1. The molecule has 0 saturated heterocycles. The summed E-state index contributed by atoms with van der Waals surface area (Å²) in [6.07, 6.45) is 6.61. The van der Waals surface area contributed by atoms with Gasteiger partial charge in [-0.15, -0.1) is 0 Å². The summed E-state index contributed by atoms with van der Waals surface area (Å²) in [5, 5.41) is 3.20. The van der Waals surface area contributed by atoms with Crippen molar-refractivity contribution in [2.75, 3.05) is 6.54 Å². The van der Waals surface area contributed by atoms with Crippen molar-refractivity contribution >= 4 is 17.5 Å². The molecule has 5 nitrogen and oxygen atoms in total. The number of amides is 1. The maximum absolute atomic E-state index is 11.7. The smallest absolute Gasteiger partial charge is 0.252 e. The van der Waals surface area contributed by atoms with Crippen LogP contribution in [-0.4, -0.2) is 27.4 Å². The van der Waals surface area contributed by atoms with Gasteiger partial charge in [0.25, 0.3) is 5.91 Å². The second-order valence-electron chi connectivity index (χ2n) is 3.76. The number of rotatable bonds is 5. The summed E-state index contributed by atoms with van der Waals surface area (Å²) in [6, 6.07) is 3.25. The molecule has 2 rings (SSSR count). The van der Waals surface area contributed by atoms with Gasteiger partial charge in [-0.05, 0) is 18.6 Å². The summed E-state index contributed by atoms with van der Waals surface area (Å²) in [5.74, 6) is 0.788. The molecule has 0 atom stereocenters. The van der Waals surface area contributed by atoms with E-state index in [-0.39, 0.29) is 5.91 Å². The Hall–Kier alpha value is -1.88. The number of pyridine rings is 1. The fourth-order valence-electron chi connectivity index (χ4n) is 1.50. The molecule has 0 spiro atoms. The Morgan fingerprint density at radius 2 is 2.28 bits per heavy atom. The summed E-state index contributed by atoms with van der Waals surface area (Å²) in [4.78, 5) is 22.7. The highest BCUT2D eigenvalue weighted by atomic mass is 35.5. The molecule has 0 aliphatic rings. The van der Waals surface area contributed by atoms with Gasteiger partial charge in [-0.25, -0.2) is 9.97 Å². The van der Waals surface area contributed by atoms with Gasteiger partial charge in [-0.3, -0.25) is 4.79 Å². The van der Waals surface area contributed by atoms with Gasteiger partial charge in [0.2, 0.25) is 0 Å². The van der Waals surface area contributed by atoms with E-state index in [0.29, 0.717) is 17.3 Å². The summed E-state index contributed by atoms with van der Waals surface area (Å²) in [7, 11) is 0. The number of hydrogen-bond donors (Lipinski definition) is 2. The highest BCUT2D eigenvalue weighted by Gasteiger charge is 2.05. The van der Waals surface area contributed by atoms with E-state index >= 15 is 0 Å². The summed E-state index contributed by atoms with van der Waals surface area (Å²) >= 11 is 5.65. The quantitative estimate of drug-likeness (QED) is 0.639. The number of nitrogens with one attached hydrogen (secondary N) is 2. The largest absolute Gasteiger partial charge is 0.352 e. The fourth-order valence-corrected chi connectivity index (χ4v) is 1.62. The van der Waals surface area contributed by atoms with Gasteiger partial charge in [0.15, 0.2) is 0 Å². The molecule has 18 heavy (non-hydrogen) atoms. The molecular weight excluding hydrogens is 252 g/mol. The lowest BCUT2D eigenvalue weighted by molar-refractivity contribution is 0.0953. The molecule has 2 aromatic rings. The Morgan fingerprint density at radius 3 is 2.94 bits per heavy atom. The molecule has 0 saturated carbocycles. The number of aromatic nitrogens is 3. The predicted molar refractivity (Wildman–Crippen MR) is 68.5 cm³/mol. The third kappa shape index (κ3) is 3.56. The third-order valence-electron chi connectivity index (χ3n) is 2.42. The van der Waals surface area contributed by atoms with Crippen LogP contribution in [0.1, 0.15) is 22.6 Å². The van der Waals surface area contributed by atoms with Crippen molar-refractivity contribution in [3.8, 4) is 0 Å². The van der Waals surface area contributed by atoms with Gasteiger partial charge in [0, 0.05) is 31.6 Å². The minimum atomic E-state index is -0.140. The lowest BCUT2D eigenvalue weighted by Crippen LogP contribution is -2.24. The second kappa shape index (κ2) is 6.16. The SMILES string of the molecule is O=C(NCCCc1ncc[nH]1)c1ccc(Cl)nc1. The number of carbonyl (C=O) groups excluding carboxylic acids is 1. The Morgan fingerprint density at radius 1 is 1.39 bits per heavy atom. The number of carbonyl (C=O) groups is 1. The first-order chi connectivity index (χ1) is 8.75. The van der Waals surface area contributed by atoms with E-state index in [4.69, 9.17) is 11.6 Å². The number of aryl methyl sites for hydroxylation is 1. The topological polar surface area (TPSA) is 70.7 Å². The van der Waals surface area contributed by atoms with E-state index in [0.717, 1.165) is 18.7 Å². The first-order valence-corrected chi connectivity index (χ1v) is 6.01. The first-order valence-electron chi connectivity index (χ1n) is 5.64. The van der Waals surface area contributed by atoms with E-state index in [1.807, 2.05) is 0 Å². The summed E-state index contributed by atoms with van der Waals surface area (Å²) in [5.41, 5.74) is 0.511. The maximum atomic E-state index is 11.7. The van der Waals surface area contributed by atoms with Crippen LogP contribution in [0.4, 0.5) is 0 Å². The molecule has 0 unspecified atom stereocenters. The zero-order chi connectivity index (χ0) is 12.8. The molecule has 0 aliphatic heterocycles. The van der Waals surface area contributed by atoms with Crippen LogP contribution in [-0.2, 0) is 6.42 Å². The Bertz CT molecular complexity index is 495. The zero-order valence-electron chi connectivity index (χ0n) is 9.69. The number of H-pyrrole nitrogens is 1. The first kappa shape index (κ1) is 12.6. The molecule has 1 amide bonds. The van der Waals surface area contributed by atoms with Gasteiger partial charge >= 0.3 is 0 Å². The Labute approximate surface area is 110 Å². The van der Waals surface area contributed by atoms with Crippen LogP contribution in [0.5, 0.6) is 0 Å². The molecule has 0 fully saturated rings. The lowest BCUT2D eigenvalue weighted by Gasteiger charge is -2.04.